The summed E-state index contributed by atoms with van der Waals surface area (Å²) in [6.45, 7) is 0. The molecule has 0 heterocycles. The third kappa shape index (κ3) is 2.93. The lowest BCUT2D eigenvalue weighted by Crippen LogP contribution is -1.91. The minimum Gasteiger partial charge on any atom is -0.0616 e. The Hall–Kier alpha value is -4.42. The molecule has 0 fully saturated rings. The molecule has 0 aromatic heterocycles. The van der Waals surface area contributed by atoms with Crippen LogP contribution in [0.3, 0.4) is 0 Å². The molecule has 0 bridgehead atoms. The van der Waals surface area contributed by atoms with E-state index in [9.17, 15) is 1.37 Å². The molecule has 158 valence electrons. The standard InChI is InChI=1S/C34H22/c1-2-11-25-21-28(18-17-23(25)9-1)32-20-19-24-10-3-6-14-29(24)33(32)34-30-15-7-4-12-26(30)22-27-13-5-8-16-31(27)34/h1-22H/i1D,2D,4D,5D,7D,8D,9D,11D,12D,13D,15D,16D,17D,18D,21D,22D. The molecular weight excluding hydrogens is 408 g/mol. The highest BCUT2D eigenvalue weighted by Crippen LogP contribution is 2.45. The molecule has 0 aliphatic carbocycles. The first-order chi connectivity index (χ1) is 23.5. The zero-order valence-corrected chi connectivity index (χ0v) is 17.5. The van der Waals surface area contributed by atoms with E-state index in [-0.39, 0.29) is 54.6 Å². The predicted octanol–water partition coefficient (Wildman–Crippen LogP) is 9.63. The van der Waals surface area contributed by atoms with Crippen molar-refractivity contribution in [3.05, 3.63) is 133 Å². The maximum absolute atomic E-state index is 9.30. The van der Waals surface area contributed by atoms with Crippen LogP contribution in [0.2, 0.25) is 0 Å². The lowest BCUT2D eigenvalue weighted by molar-refractivity contribution is 1.65. The highest BCUT2D eigenvalue weighted by molar-refractivity contribution is 6.19. The van der Waals surface area contributed by atoms with E-state index in [4.69, 9.17) is 20.6 Å². The smallest absolute Gasteiger partial charge is 0.0616 e. The van der Waals surface area contributed by atoms with Crippen LogP contribution >= 0.6 is 0 Å². The second-order valence-corrected chi connectivity index (χ2v) is 7.71. The quantitative estimate of drug-likeness (QED) is 0.232. The molecule has 0 radical (unpaired) electrons. The van der Waals surface area contributed by atoms with E-state index in [0.29, 0.717) is 10.8 Å². The second-order valence-electron chi connectivity index (χ2n) is 7.71. The molecule has 34 heavy (non-hydrogen) atoms. The summed E-state index contributed by atoms with van der Waals surface area (Å²) in [6.07, 6.45) is 0. The lowest BCUT2D eigenvalue weighted by atomic mass is 9.84. The van der Waals surface area contributed by atoms with Crippen molar-refractivity contribution < 1.29 is 21.9 Å². The number of rotatable bonds is 2. The summed E-state index contributed by atoms with van der Waals surface area (Å²) in [5, 5.41) is -0.782. The largest absolute Gasteiger partial charge is 0.0636 e. The molecule has 0 heteroatoms. The van der Waals surface area contributed by atoms with Crippen molar-refractivity contribution >= 4 is 43.1 Å². The van der Waals surface area contributed by atoms with E-state index >= 15 is 0 Å². The van der Waals surface area contributed by atoms with Crippen LogP contribution in [0, 0.1) is 0 Å². The SMILES string of the molecule is [2H]c1c([2H])c([2H])c2c([2H])c(-c3ccc4ccccc4c3-c3c4c([2H])c([2H])c([2H])c([2H])c4c([2H])c4c([2H])c([2H])c([2H])c([2H])c34)c([2H])c([2H])c2c1[2H]. The third-order valence-electron chi connectivity index (χ3n) is 5.82. The fourth-order valence-corrected chi connectivity index (χ4v) is 4.35. The number of benzene rings is 7. The van der Waals surface area contributed by atoms with Crippen LogP contribution in [0.15, 0.2) is 133 Å². The van der Waals surface area contributed by atoms with E-state index in [1.165, 1.54) is 6.07 Å². The van der Waals surface area contributed by atoms with Crippen LogP contribution in [0.4, 0.5) is 0 Å². The minimum atomic E-state index is -0.664. The summed E-state index contributed by atoms with van der Waals surface area (Å²) in [4.78, 5) is 0. The van der Waals surface area contributed by atoms with E-state index in [1.54, 1.807) is 30.3 Å². The van der Waals surface area contributed by atoms with Crippen LogP contribution in [0.1, 0.15) is 21.9 Å². The molecule has 0 amide bonds. The van der Waals surface area contributed by atoms with E-state index < -0.39 is 96.7 Å². The van der Waals surface area contributed by atoms with Crippen molar-refractivity contribution in [2.24, 2.45) is 0 Å². The molecule has 0 N–H and O–H groups in total. The van der Waals surface area contributed by atoms with Crippen LogP contribution < -0.4 is 0 Å². The molecule has 0 aliphatic rings. The van der Waals surface area contributed by atoms with Gasteiger partial charge in [-0.05, 0) is 77.4 Å². The van der Waals surface area contributed by atoms with Gasteiger partial charge in [-0.25, -0.2) is 0 Å². The Balaban J connectivity index is 1.86. The first-order valence-electron chi connectivity index (χ1n) is 18.5. The Morgan fingerprint density at radius 1 is 0.412 bits per heavy atom. The number of fused-ring (bicyclic) bond motifs is 4. The highest BCUT2D eigenvalue weighted by atomic mass is 14.2. The molecule has 0 saturated carbocycles. The van der Waals surface area contributed by atoms with Gasteiger partial charge in [0.1, 0.15) is 0 Å². The van der Waals surface area contributed by atoms with Crippen LogP contribution in [0.25, 0.3) is 65.3 Å². The van der Waals surface area contributed by atoms with Crippen molar-refractivity contribution in [1.82, 2.24) is 0 Å². The molecule has 7 rings (SSSR count). The first kappa shape index (κ1) is 9.08. The fourth-order valence-electron chi connectivity index (χ4n) is 4.35. The molecule has 0 saturated heterocycles. The van der Waals surface area contributed by atoms with Crippen LogP contribution in [-0.4, -0.2) is 0 Å². The summed E-state index contributed by atoms with van der Waals surface area (Å²) in [5.41, 5.74) is -0.250. The molecule has 0 aliphatic heterocycles. The number of hydrogen-bond acceptors (Lipinski definition) is 0. The topological polar surface area (TPSA) is 0 Å². The van der Waals surface area contributed by atoms with Gasteiger partial charge >= 0.3 is 0 Å². The van der Waals surface area contributed by atoms with Gasteiger partial charge in [-0.2, -0.15) is 0 Å². The normalized spacial score (nSPS) is 18.1. The van der Waals surface area contributed by atoms with Gasteiger partial charge in [0.2, 0.25) is 0 Å². The lowest BCUT2D eigenvalue weighted by Gasteiger charge is -2.19. The van der Waals surface area contributed by atoms with Gasteiger partial charge in [-0.3, -0.25) is 0 Å². The summed E-state index contributed by atoms with van der Waals surface area (Å²) in [7, 11) is 0. The highest BCUT2D eigenvalue weighted by Gasteiger charge is 2.17. The molecule has 0 atom stereocenters. The van der Waals surface area contributed by atoms with Crippen molar-refractivity contribution in [3.63, 3.8) is 0 Å². The van der Waals surface area contributed by atoms with E-state index in [0.717, 1.165) is 0 Å². The zero-order valence-electron chi connectivity index (χ0n) is 33.5. The first-order valence-corrected chi connectivity index (χ1v) is 10.5. The second kappa shape index (κ2) is 7.57. The maximum atomic E-state index is 9.30. The Bertz CT molecular complexity index is 2640. The Morgan fingerprint density at radius 2 is 1.06 bits per heavy atom. The molecule has 0 nitrogen and oxygen atoms in total. The molecule has 7 aromatic rings. The van der Waals surface area contributed by atoms with Crippen molar-refractivity contribution in [1.29, 1.82) is 0 Å². The van der Waals surface area contributed by atoms with Crippen LogP contribution in [-0.2, 0) is 0 Å². The van der Waals surface area contributed by atoms with Crippen molar-refractivity contribution in [2.75, 3.05) is 0 Å². The molecule has 0 unspecified atom stereocenters. The van der Waals surface area contributed by atoms with Gasteiger partial charge in [0, 0.05) is 0 Å². The van der Waals surface area contributed by atoms with E-state index in [1.807, 2.05) is 0 Å². The Labute approximate surface area is 221 Å². The third-order valence-corrected chi connectivity index (χ3v) is 5.82. The summed E-state index contributed by atoms with van der Waals surface area (Å²) in [5.74, 6) is 0. The van der Waals surface area contributed by atoms with Crippen LogP contribution in [0.5, 0.6) is 0 Å². The van der Waals surface area contributed by atoms with Gasteiger partial charge in [0.25, 0.3) is 0 Å². The van der Waals surface area contributed by atoms with Gasteiger partial charge in [-0.15, -0.1) is 0 Å². The van der Waals surface area contributed by atoms with E-state index in [2.05, 4.69) is 0 Å². The van der Waals surface area contributed by atoms with Gasteiger partial charge in [0.05, 0.1) is 21.9 Å². The molecule has 7 aromatic carbocycles. The minimum absolute atomic E-state index is 0.0293. The van der Waals surface area contributed by atoms with Crippen molar-refractivity contribution in [3.8, 4) is 22.3 Å². The summed E-state index contributed by atoms with van der Waals surface area (Å²) in [6, 6.07) is 0.186. The Kier molecular flexibility index (Phi) is 2.02. The summed E-state index contributed by atoms with van der Waals surface area (Å²) < 4.78 is 140. The molecule has 0 spiro atoms. The zero-order chi connectivity index (χ0) is 36.4. The van der Waals surface area contributed by atoms with Gasteiger partial charge in [-0.1, -0.05) is 121 Å². The maximum Gasteiger partial charge on any atom is 0.0636 e. The van der Waals surface area contributed by atoms with Crippen molar-refractivity contribution in [2.45, 2.75) is 0 Å². The molecular formula is C34H22. The monoisotopic (exact) mass is 446 g/mol. The fraction of sp³-hybridized carbons (Fsp3) is 0. The summed E-state index contributed by atoms with van der Waals surface area (Å²) >= 11 is 0. The predicted molar refractivity (Wildman–Crippen MR) is 147 cm³/mol. The Morgan fingerprint density at radius 3 is 1.82 bits per heavy atom. The van der Waals surface area contributed by atoms with Gasteiger partial charge < -0.3 is 0 Å². The average Bonchev–Trinajstić information content (AvgIpc) is 3.10. The average molecular weight is 447 g/mol. The number of hydrogen-bond donors (Lipinski definition) is 0. The van der Waals surface area contributed by atoms with Gasteiger partial charge in [0.15, 0.2) is 0 Å².